The minimum atomic E-state index is -3.27. The third-order valence-corrected chi connectivity index (χ3v) is 1.70. The molecule has 1 aliphatic heterocycles. The Morgan fingerprint density at radius 3 is 2.53 bits per heavy atom. The maximum absolute atomic E-state index is 12.8. The number of morpholine rings is 1. The molecule has 0 bridgehead atoms. The van der Waals surface area contributed by atoms with Crippen LogP contribution in [0.15, 0.2) is 0 Å². The average molecular weight is 223 g/mol. The molecule has 0 radical (unpaired) electrons. The Kier molecular flexibility index (Phi) is 3.18. The van der Waals surface area contributed by atoms with Gasteiger partial charge >= 0.3 is 12.2 Å². The molecule has 6 heteroatoms. The largest absolute Gasteiger partial charge is 0.444 e. The minimum Gasteiger partial charge on any atom is -0.444 e. The molecular formula is C9H15F2NO3. The number of hydrogen-bond donors (Lipinski definition) is 0. The molecule has 1 saturated heterocycles. The van der Waals surface area contributed by atoms with Crippen LogP contribution in [0.1, 0.15) is 20.8 Å². The maximum atomic E-state index is 12.8. The van der Waals surface area contributed by atoms with E-state index in [4.69, 9.17) is 4.74 Å². The van der Waals surface area contributed by atoms with Crippen LogP contribution in [-0.2, 0) is 9.47 Å². The van der Waals surface area contributed by atoms with Crippen molar-refractivity contribution in [3.05, 3.63) is 0 Å². The number of rotatable bonds is 0. The number of hydrogen-bond acceptors (Lipinski definition) is 3. The molecule has 1 heterocycles. The summed E-state index contributed by atoms with van der Waals surface area (Å²) in [6, 6.07) is 0. The predicted molar refractivity (Wildman–Crippen MR) is 48.7 cm³/mol. The highest BCUT2D eigenvalue weighted by Crippen LogP contribution is 2.22. The van der Waals surface area contributed by atoms with Crippen LogP contribution in [0.25, 0.3) is 0 Å². The maximum Gasteiger partial charge on any atom is 0.410 e. The Morgan fingerprint density at radius 1 is 1.47 bits per heavy atom. The Hall–Kier alpha value is -0.910. The highest BCUT2D eigenvalue weighted by atomic mass is 19.3. The van der Waals surface area contributed by atoms with Gasteiger partial charge in [-0.2, -0.15) is 8.78 Å². The fourth-order valence-electron chi connectivity index (χ4n) is 1.13. The molecule has 0 aromatic carbocycles. The van der Waals surface area contributed by atoms with Crippen LogP contribution < -0.4 is 0 Å². The third kappa shape index (κ3) is 3.99. The number of ether oxygens (including phenoxy) is 2. The lowest BCUT2D eigenvalue weighted by Crippen LogP contribution is -2.50. The van der Waals surface area contributed by atoms with E-state index in [-0.39, 0.29) is 13.2 Å². The van der Waals surface area contributed by atoms with Crippen LogP contribution in [0.2, 0.25) is 0 Å². The normalized spacial score (nSPS) is 21.3. The average Bonchev–Trinajstić information content (AvgIpc) is 1.99. The smallest absolute Gasteiger partial charge is 0.410 e. The summed E-state index contributed by atoms with van der Waals surface area (Å²) in [6.07, 6.45) is -4.00. The molecule has 88 valence electrons. The number of nitrogens with zero attached hydrogens (tertiary/aromatic N) is 1. The first-order chi connectivity index (χ1) is 6.70. The molecule has 0 unspecified atom stereocenters. The van der Waals surface area contributed by atoms with Crippen molar-refractivity contribution in [2.75, 3.05) is 19.7 Å². The highest BCUT2D eigenvalue weighted by molar-refractivity contribution is 5.68. The molecule has 0 saturated carbocycles. The second-order valence-corrected chi connectivity index (χ2v) is 4.39. The van der Waals surface area contributed by atoms with Crippen molar-refractivity contribution < 1.29 is 23.0 Å². The standard InChI is InChI=1S/C9H15F2NO3/c1-8(2,3)15-7(13)12-4-5-14-9(10,11)6-12/h4-6H2,1-3H3. The van der Waals surface area contributed by atoms with Crippen LogP contribution in [0.4, 0.5) is 13.6 Å². The Morgan fingerprint density at radius 2 is 2.07 bits per heavy atom. The molecule has 0 aromatic heterocycles. The fraction of sp³-hybridized carbons (Fsp3) is 0.889. The zero-order valence-corrected chi connectivity index (χ0v) is 9.05. The van der Waals surface area contributed by atoms with E-state index in [1.54, 1.807) is 20.8 Å². The van der Waals surface area contributed by atoms with Gasteiger partial charge in [-0.25, -0.2) is 4.79 Å². The fourth-order valence-corrected chi connectivity index (χ4v) is 1.13. The number of carbonyl (C=O) groups is 1. The van der Waals surface area contributed by atoms with Gasteiger partial charge in [0.05, 0.1) is 6.61 Å². The molecule has 0 N–H and O–H groups in total. The van der Waals surface area contributed by atoms with Crippen molar-refractivity contribution in [3.8, 4) is 0 Å². The molecule has 15 heavy (non-hydrogen) atoms. The topological polar surface area (TPSA) is 38.8 Å². The van der Waals surface area contributed by atoms with Gasteiger partial charge < -0.3 is 9.47 Å². The van der Waals surface area contributed by atoms with Crippen LogP contribution in [0, 0.1) is 0 Å². The van der Waals surface area contributed by atoms with Crippen molar-refractivity contribution in [1.82, 2.24) is 4.90 Å². The molecule has 4 nitrogen and oxygen atoms in total. The number of carbonyl (C=O) groups excluding carboxylic acids is 1. The summed E-state index contributed by atoms with van der Waals surface area (Å²) in [5.41, 5.74) is -0.676. The Labute approximate surface area is 87.1 Å². The van der Waals surface area contributed by atoms with Crippen molar-refractivity contribution in [2.24, 2.45) is 0 Å². The van der Waals surface area contributed by atoms with Gasteiger partial charge in [0.15, 0.2) is 0 Å². The quantitative estimate of drug-likeness (QED) is 0.629. The molecule has 0 aliphatic carbocycles. The van der Waals surface area contributed by atoms with E-state index in [1.807, 2.05) is 0 Å². The van der Waals surface area contributed by atoms with E-state index in [0.717, 1.165) is 4.90 Å². The number of alkyl halides is 2. The van der Waals surface area contributed by atoms with Crippen molar-refractivity contribution in [3.63, 3.8) is 0 Å². The second-order valence-electron chi connectivity index (χ2n) is 4.39. The van der Waals surface area contributed by atoms with Crippen molar-refractivity contribution >= 4 is 6.09 Å². The van der Waals surface area contributed by atoms with Gasteiger partial charge in [-0.05, 0) is 20.8 Å². The van der Waals surface area contributed by atoms with Gasteiger partial charge in [0.2, 0.25) is 0 Å². The molecule has 1 aliphatic rings. The lowest BCUT2D eigenvalue weighted by Gasteiger charge is -2.33. The number of amides is 1. The lowest BCUT2D eigenvalue weighted by molar-refractivity contribution is -0.266. The van der Waals surface area contributed by atoms with E-state index < -0.39 is 24.3 Å². The summed E-state index contributed by atoms with van der Waals surface area (Å²) in [4.78, 5) is 12.4. The lowest BCUT2D eigenvalue weighted by atomic mass is 10.2. The molecule has 1 fully saturated rings. The van der Waals surface area contributed by atoms with E-state index in [1.165, 1.54) is 0 Å². The number of halogens is 2. The zero-order valence-electron chi connectivity index (χ0n) is 9.05. The molecule has 0 atom stereocenters. The zero-order chi connectivity index (χ0) is 11.7. The summed E-state index contributed by atoms with van der Waals surface area (Å²) in [6.45, 7) is 4.26. The highest BCUT2D eigenvalue weighted by Gasteiger charge is 2.39. The molecule has 0 spiro atoms. The summed E-state index contributed by atoms with van der Waals surface area (Å²) in [5, 5.41) is 0. The van der Waals surface area contributed by atoms with Crippen LogP contribution in [0.3, 0.4) is 0 Å². The van der Waals surface area contributed by atoms with Gasteiger partial charge in [0, 0.05) is 6.54 Å². The SMILES string of the molecule is CC(C)(C)OC(=O)N1CCOC(F)(F)C1. The van der Waals surface area contributed by atoms with Gasteiger partial charge in [0.25, 0.3) is 0 Å². The predicted octanol–water partition coefficient (Wildman–Crippen LogP) is 1.85. The molecule has 1 rings (SSSR count). The van der Waals surface area contributed by atoms with Crippen molar-refractivity contribution in [1.29, 1.82) is 0 Å². The van der Waals surface area contributed by atoms with Crippen LogP contribution >= 0.6 is 0 Å². The first kappa shape index (κ1) is 12.2. The van der Waals surface area contributed by atoms with Crippen LogP contribution in [0.5, 0.6) is 0 Å². The summed E-state index contributed by atoms with van der Waals surface area (Å²) in [5.74, 6) is 0. The van der Waals surface area contributed by atoms with Crippen molar-refractivity contribution in [2.45, 2.75) is 32.5 Å². The van der Waals surface area contributed by atoms with E-state index >= 15 is 0 Å². The van der Waals surface area contributed by atoms with E-state index in [2.05, 4.69) is 4.74 Å². The van der Waals surface area contributed by atoms with Gasteiger partial charge in [-0.1, -0.05) is 0 Å². The summed E-state index contributed by atoms with van der Waals surface area (Å²) < 4.78 is 34.7. The minimum absolute atomic E-state index is 0.129. The first-order valence-electron chi connectivity index (χ1n) is 4.69. The molecule has 1 amide bonds. The van der Waals surface area contributed by atoms with Gasteiger partial charge in [0.1, 0.15) is 12.1 Å². The van der Waals surface area contributed by atoms with Crippen LogP contribution in [-0.4, -0.2) is 42.4 Å². The van der Waals surface area contributed by atoms with Gasteiger partial charge in [-0.15, -0.1) is 0 Å². The molecular weight excluding hydrogens is 208 g/mol. The Balaban J connectivity index is 2.53. The first-order valence-corrected chi connectivity index (χ1v) is 4.69. The second kappa shape index (κ2) is 3.92. The van der Waals surface area contributed by atoms with E-state index in [0.29, 0.717) is 0 Å². The monoisotopic (exact) mass is 223 g/mol. The molecule has 0 aromatic rings. The summed E-state index contributed by atoms with van der Waals surface area (Å²) >= 11 is 0. The third-order valence-electron chi connectivity index (χ3n) is 1.70. The summed E-state index contributed by atoms with van der Waals surface area (Å²) in [7, 11) is 0. The van der Waals surface area contributed by atoms with E-state index in [9.17, 15) is 13.6 Å². The Bertz CT molecular complexity index is 250. The van der Waals surface area contributed by atoms with Gasteiger partial charge in [-0.3, -0.25) is 4.90 Å².